The molecule has 0 bridgehead atoms. The molecule has 0 saturated heterocycles. The third kappa shape index (κ3) is 1.70. The van der Waals surface area contributed by atoms with Crippen molar-refractivity contribution >= 4 is 0 Å². The Balaban J connectivity index is 2.34. The molecule has 0 unspecified atom stereocenters. The van der Waals surface area contributed by atoms with Crippen LogP contribution in [-0.2, 0) is 9.47 Å². The minimum Gasteiger partial charge on any atom is -0.372 e. The molecule has 2 nitrogen and oxygen atoms in total. The zero-order valence-electron chi connectivity index (χ0n) is 6.64. The molecule has 10 heavy (non-hydrogen) atoms. The summed E-state index contributed by atoms with van der Waals surface area (Å²) in [6.45, 7) is 0. The van der Waals surface area contributed by atoms with Gasteiger partial charge in [-0.15, -0.1) is 0 Å². The number of rotatable bonds is 2. The fraction of sp³-hybridized carbons (Fsp3) is 0.750. The Morgan fingerprint density at radius 1 is 0.900 bits per heavy atom. The highest BCUT2D eigenvalue weighted by Gasteiger charge is 2.26. The lowest BCUT2D eigenvalue weighted by Crippen LogP contribution is -2.18. The minimum absolute atomic E-state index is 1.04. The van der Waals surface area contributed by atoms with Gasteiger partial charge in [-0.25, -0.2) is 0 Å². The van der Waals surface area contributed by atoms with E-state index in [1.165, 1.54) is 12.8 Å². The monoisotopic (exact) mass is 142 g/mol. The molecule has 0 aromatic carbocycles. The number of ether oxygens (including phenoxy) is 2. The predicted molar refractivity (Wildman–Crippen MR) is 39.0 cm³/mol. The summed E-state index contributed by atoms with van der Waals surface area (Å²) >= 11 is 0. The van der Waals surface area contributed by atoms with Gasteiger partial charge < -0.3 is 9.47 Å². The van der Waals surface area contributed by atoms with Crippen molar-refractivity contribution in [2.24, 2.45) is 0 Å². The molecule has 1 aliphatic carbocycles. The molecule has 1 aliphatic rings. The fourth-order valence-electron chi connectivity index (χ4n) is 1.28. The predicted octanol–water partition coefficient (Wildman–Crippen LogP) is 1.92. The van der Waals surface area contributed by atoms with Gasteiger partial charge in [-0.2, -0.15) is 0 Å². The van der Waals surface area contributed by atoms with Crippen molar-refractivity contribution in [3.63, 3.8) is 0 Å². The lowest BCUT2D eigenvalue weighted by molar-refractivity contribution is 0.0800. The molecule has 0 amide bonds. The average Bonchev–Trinajstić information content (AvgIpc) is 2.04. The van der Waals surface area contributed by atoms with E-state index in [2.05, 4.69) is 0 Å². The highest BCUT2D eigenvalue weighted by Crippen LogP contribution is 2.33. The molecule has 2 heteroatoms. The topological polar surface area (TPSA) is 18.5 Å². The van der Waals surface area contributed by atoms with Crippen LogP contribution in [0.15, 0.2) is 0 Å². The molecule has 0 aromatic heterocycles. The van der Waals surface area contributed by atoms with Gasteiger partial charge in [0.25, 0.3) is 0 Å². The maximum absolute atomic E-state index is 5.15. The number of methoxy groups -OCH3 is 2. The first-order valence-electron chi connectivity index (χ1n) is 3.68. The van der Waals surface area contributed by atoms with Crippen molar-refractivity contribution in [2.45, 2.75) is 25.7 Å². The Bertz CT molecular complexity index is 81.3. The number of hydrogen-bond donors (Lipinski definition) is 0. The first-order valence-corrected chi connectivity index (χ1v) is 3.68. The first-order chi connectivity index (χ1) is 4.88. The van der Waals surface area contributed by atoms with Crippen molar-refractivity contribution < 1.29 is 9.47 Å². The van der Waals surface area contributed by atoms with Crippen molar-refractivity contribution in [3.8, 4) is 0 Å². The summed E-state index contributed by atoms with van der Waals surface area (Å²) in [6, 6.07) is 0. The molecule has 1 rings (SSSR count). The van der Waals surface area contributed by atoms with Crippen LogP contribution in [0.2, 0.25) is 0 Å². The van der Waals surface area contributed by atoms with Gasteiger partial charge in [-0.05, 0) is 12.8 Å². The fourth-order valence-corrected chi connectivity index (χ4v) is 1.28. The van der Waals surface area contributed by atoms with Crippen molar-refractivity contribution in [3.05, 3.63) is 12.2 Å². The molecule has 2 radical (unpaired) electrons. The van der Waals surface area contributed by atoms with E-state index in [9.17, 15) is 0 Å². The molecule has 0 N–H and O–H groups in total. The lowest BCUT2D eigenvalue weighted by Gasteiger charge is -2.26. The van der Waals surface area contributed by atoms with Gasteiger partial charge in [-0.1, -0.05) is 12.8 Å². The van der Waals surface area contributed by atoms with Crippen LogP contribution >= 0.6 is 0 Å². The van der Waals surface area contributed by atoms with E-state index in [0.29, 0.717) is 0 Å². The van der Waals surface area contributed by atoms with Crippen molar-refractivity contribution in [1.29, 1.82) is 0 Å². The third-order valence-electron chi connectivity index (χ3n) is 1.86. The summed E-state index contributed by atoms with van der Waals surface area (Å²) in [5, 5.41) is 0. The average molecular weight is 142 g/mol. The summed E-state index contributed by atoms with van der Waals surface area (Å²) < 4.78 is 10.3. The third-order valence-corrected chi connectivity index (χ3v) is 1.86. The normalized spacial score (nSPS) is 23.4. The van der Waals surface area contributed by atoms with E-state index in [0.717, 1.165) is 25.0 Å². The Labute approximate surface area is 62.5 Å². The molecule has 0 heterocycles. The van der Waals surface area contributed by atoms with Gasteiger partial charge in [0.1, 0.15) is 12.2 Å². The van der Waals surface area contributed by atoms with E-state index >= 15 is 0 Å². The van der Waals surface area contributed by atoms with E-state index in [1.54, 1.807) is 14.2 Å². The smallest absolute Gasteiger partial charge is 0.131 e. The maximum atomic E-state index is 5.15. The zero-order chi connectivity index (χ0) is 7.40. The van der Waals surface area contributed by atoms with Gasteiger partial charge in [-0.3, -0.25) is 0 Å². The van der Waals surface area contributed by atoms with Crippen molar-refractivity contribution in [1.82, 2.24) is 0 Å². The molecule has 1 saturated carbocycles. The second-order valence-corrected chi connectivity index (χ2v) is 2.46. The van der Waals surface area contributed by atoms with Crippen LogP contribution < -0.4 is 0 Å². The van der Waals surface area contributed by atoms with E-state index in [4.69, 9.17) is 9.47 Å². The van der Waals surface area contributed by atoms with Crippen molar-refractivity contribution in [2.75, 3.05) is 14.2 Å². The van der Waals surface area contributed by atoms with Gasteiger partial charge in [0, 0.05) is 14.2 Å². The van der Waals surface area contributed by atoms with E-state index in [-0.39, 0.29) is 0 Å². The standard InChI is InChI=1S/C8H14O2/c1-9-7-5-3-4-6-8(7)10-2/h3-6H2,1-2H3. The number of hydrogen-bond acceptors (Lipinski definition) is 2. The molecular weight excluding hydrogens is 128 g/mol. The Morgan fingerprint density at radius 2 is 1.30 bits per heavy atom. The van der Waals surface area contributed by atoms with Crippen LogP contribution in [0.4, 0.5) is 0 Å². The molecule has 58 valence electrons. The minimum atomic E-state index is 1.04. The highest BCUT2D eigenvalue weighted by atomic mass is 16.5. The molecule has 1 fully saturated rings. The molecule has 0 aromatic rings. The molecule has 0 spiro atoms. The quantitative estimate of drug-likeness (QED) is 0.586. The summed E-state index contributed by atoms with van der Waals surface area (Å²) in [6.07, 6.45) is 6.62. The molecule has 0 aliphatic heterocycles. The molecule has 0 atom stereocenters. The first kappa shape index (κ1) is 8.02. The van der Waals surface area contributed by atoms with Crippen LogP contribution in [0.5, 0.6) is 0 Å². The lowest BCUT2D eigenvalue weighted by atomic mass is 9.95. The molecular formula is C8H14O2. The van der Waals surface area contributed by atoms with Crippen LogP contribution in [0.3, 0.4) is 0 Å². The maximum Gasteiger partial charge on any atom is 0.131 e. The van der Waals surface area contributed by atoms with E-state index < -0.39 is 0 Å². The van der Waals surface area contributed by atoms with Crippen LogP contribution in [0.25, 0.3) is 0 Å². The van der Waals surface area contributed by atoms with Crippen LogP contribution in [-0.4, -0.2) is 14.2 Å². The summed E-state index contributed by atoms with van der Waals surface area (Å²) in [5.41, 5.74) is 0. The summed E-state index contributed by atoms with van der Waals surface area (Å²) in [7, 11) is 3.42. The van der Waals surface area contributed by atoms with Gasteiger partial charge in [0.2, 0.25) is 0 Å². The van der Waals surface area contributed by atoms with Gasteiger partial charge >= 0.3 is 0 Å². The highest BCUT2D eigenvalue weighted by molar-refractivity contribution is 5.06. The van der Waals surface area contributed by atoms with Crippen LogP contribution in [0, 0.1) is 12.2 Å². The summed E-state index contributed by atoms with van der Waals surface area (Å²) in [5.74, 6) is 0. The second kappa shape index (κ2) is 3.94. The largest absolute Gasteiger partial charge is 0.372 e. The van der Waals surface area contributed by atoms with Crippen LogP contribution in [0.1, 0.15) is 25.7 Å². The zero-order valence-corrected chi connectivity index (χ0v) is 6.64. The summed E-state index contributed by atoms with van der Waals surface area (Å²) in [4.78, 5) is 0. The van der Waals surface area contributed by atoms with Gasteiger partial charge in [0.15, 0.2) is 0 Å². The Morgan fingerprint density at radius 3 is 1.60 bits per heavy atom. The van der Waals surface area contributed by atoms with E-state index in [1.807, 2.05) is 0 Å². The Kier molecular flexibility index (Phi) is 3.16. The van der Waals surface area contributed by atoms with Gasteiger partial charge in [0.05, 0.1) is 0 Å². The SMILES string of the molecule is CO[C]1CCCC[C]1OC. The second-order valence-electron chi connectivity index (χ2n) is 2.46. The Hall–Kier alpha value is -0.0800.